The predicted octanol–water partition coefficient (Wildman–Crippen LogP) is 2.13. The number of carbonyl (C=O) groups is 3. The number of nitrogens with zero attached hydrogens (tertiary/aromatic N) is 1. The fraction of sp³-hybridized carbons (Fsp3) is 0.167. The van der Waals surface area contributed by atoms with Crippen molar-refractivity contribution >= 4 is 23.3 Å². The average molecular weight is 309 g/mol. The SMILES string of the molecule is COC(=O)[C@@H]1C(=O)C(=O)N(c2ccccc2)[C@H]1c1ccccc1. The van der Waals surface area contributed by atoms with Gasteiger partial charge in [0.25, 0.3) is 5.91 Å². The Bertz CT molecular complexity index is 742. The molecular weight excluding hydrogens is 294 g/mol. The summed E-state index contributed by atoms with van der Waals surface area (Å²) in [6, 6.07) is 17.2. The number of amides is 1. The van der Waals surface area contributed by atoms with Gasteiger partial charge in [0, 0.05) is 5.69 Å². The highest BCUT2D eigenvalue weighted by Crippen LogP contribution is 2.39. The summed E-state index contributed by atoms with van der Waals surface area (Å²) in [6.07, 6.45) is 0. The summed E-state index contributed by atoms with van der Waals surface area (Å²) < 4.78 is 4.75. The Kier molecular flexibility index (Phi) is 3.93. The van der Waals surface area contributed by atoms with Crippen LogP contribution in [0.5, 0.6) is 0 Å². The van der Waals surface area contributed by atoms with Gasteiger partial charge in [0.1, 0.15) is 5.92 Å². The number of ether oxygens (including phenoxy) is 1. The van der Waals surface area contributed by atoms with E-state index in [2.05, 4.69) is 0 Å². The van der Waals surface area contributed by atoms with Gasteiger partial charge in [0.2, 0.25) is 5.78 Å². The van der Waals surface area contributed by atoms with E-state index in [0.29, 0.717) is 11.3 Å². The van der Waals surface area contributed by atoms with Crippen molar-refractivity contribution in [3.63, 3.8) is 0 Å². The van der Waals surface area contributed by atoms with Gasteiger partial charge in [0.05, 0.1) is 13.2 Å². The quantitative estimate of drug-likeness (QED) is 0.495. The Balaban J connectivity index is 2.15. The lowest BCUT2D eigenvalue weighted by Crippen LogP contribution is -2.30. The molecule has 0 bridgehead atoms. The third kappa shape index (κ3) is 2.50. The molecular formula is C18H15NO4. The Labute approximate surface area is 133 Å². The van der Waals surface area contributed by atoms with Crippen LogP contribution in [0.15, 0.2) is 60.7 Å². The zero-order valence-corrected chi connectivity index (χ0v) is 12.5. The van der Waals surface area contributed by atoms with Crippen molar-refractivity contribution in [2.75, 3.05) is 12.0 Å². The van der Waals surface area contributed by atoms with E-state index in [1.165, 1.54) is 12.0 Å². The summed E-state index contributed by atoms with van der Waals surface area (Å²) >= 11 is 0. The molecule has 0 saturated carbocycles. The van der Waals surface area contributed by atoms with Crippen molar-refractivity contribution in [2.24, 2.45) is 5.92 Å². The third-order valence-electron chi connectivity index (χ3n) is 3.94. The van der Waals surface area contributed by atoms with Crippen molar-refractivity contribution in [1.82, 2.24) is 0 Å². The molecule has 1 saturated heterocycles. The summed E-state index contributed by atoms with van der Waals surface area (Å²) in [5.41, 5.74) is 1.29. The van der Waals surface area contributed by atoms with Crippen molar-refractivity contribution in [2.45, 2.75) is 6.04 Å². The van der Waals surface area contributed by atoms with E-state index >= 15 is 0 Å². The van der Waals surface area contributed by atoms with Gasteiger partial charge in [-0.15, -0.1) is 0 Å². The second-order valence-electron chi connectivity index (χ2n) is 5.23. The molecule has 1 amide bonds. The number of ketones is 1. The van der Waals surface area contributed by atoms with Crippen LogP contribution < -0.4 is 4.90 Å². The first kappa shape index (κ1) is 15.0. The van der Waals surface area contributed by atoms with Gasteiger partial charge in [-0.05, 0) is 17.7 Å². The van der Waals surface area contributed by atoms with E-state index in [9.17, 15) is 14.4 Å². The Hall–Kier alpha value is -2.95. The minimum absolute atomic E-state index is 0.575. The van der Waals surface area contributed by atoms with Crippen LogP contribution in [0.3, 0.4) is 0 Å². The third-order valence-corrected chi connectivity index (χ3v) is 3.94. The molecule has 0 aromatic heterocycles. The van der Waals surface area contributed by atoms with E-state index in [0.717, 1.165) is 0 Å². The molecule has 0 unspecified atom stereocenters. The molecule has 0 aliphatic carbocycles. The van der Waals surface area contributed by atoms with Crippen LogP contribution in [0.4, 0.5) is 5.69 Å². The van der Waals surface area contributed by atoms with E-state index in [-0.39, 0.29) is 0 Å². The zero-order valence-electron chi connectivity index (χ0n) is 12.5. The minimum Gasteiger partial charge on any atom is -0.468 e. The van der Waals surface area contributed by atoms with E-state index in [1.54, 1.807) is 48.5 Å². The molecule has 5 nitrogen and oxygen atoms in total. The molecule has 1 fully saturated rings. The zero-order chi connectivity index (χ0) is 16.4. The summed E-state index contributed by atoms with van der Waals surface area (Å²) in [4.78, 5) is 38.4. The number of para-hydroxylation sites is 1. The molecule has 1 aliphatic heterocycles. The van der Waals surface area contributed by atoms with Gasteiger partial charge in [-0.3, -0.25) is 19.3 Å². The van der Waals surface area contributed by atoms with Crippen LogP contribution in [0.1, 0.15) is 11.6 Å². The van der Waals surface area contributed by atoms with Crippen molar-refractivity contribution in [3.8, 4) is 0 Å². The highest BCUT2D eigenvalue weighted by molar-refractivity contribution is 6.47. The summed E-state index contributed by atoms with van der Waals surface area (Å²) in [7, 11) is 1.22. The van der Waals surface area contributed by atoms with Crippen LogP contribution in [-0.4, -0.2) is 24.8 Å². The van der Waals surface area contributed by atoms with Crippen molar-refractivity contribution in [3.05, 3.63) is 66.2 Å². The number of hydrogen-bond donors (Lipinski definition) is 0. The van der Waals surface area contributed by atoms with Gasteiger partial charge < -0.3 is 4.74 Å². The highest BCUT2D eigenvalue weighted by Gasteiger charge is 2.52. The molecule has 3 rings (SSSR count). The molecule has 5 heteroatoms. The van der Waals surface area contributed by atoms with Crippen LogP contribution in [0, 0.1) is 5.92 Å². The van der Waals surface area contributed by atoms with Crippen LogP contribution in [0.2, 0.25) is 0 Å². The molecule has 1 heterocycles. The van der Waals surface area contributed by atoms with Gasteiger partial charge >= 0.3 is 5.97 Å². The standard InChI is InChI=1S/C18H15NO4/c1-23-18(22)14-15(12-8-4-2-5-9-12)19(17(21)16(14)20)13-10-6-3-7-11-13/h2-11,14-15H,1H3/t14-,15-/m0/s1. The maximum absolute atomic E-state index is 12.5. The molecule has 2 atom stereocenters. The lowest BCUT2D eigenvalue weighted by molar-refractivity contribution is -0.150. The maximum atomic E-state index is 12.5. The number of Topliss-reactive ketones (excluding diaryl/α,β-unsaturated/α-hetero) is 1. The lowest BCUT2D eigenvalue weighted by atomic mass is 9.93. The first-order chi connectivity index (χ1) is 11.1. The first-order valence-electron chi connectivity index (χ1n) is 7.20. The minimum atomic E-state index is -1.16. The smallest absolute Gasteiger partial charge is 0.319 e. The Morgan fingerprint density at radius 3 is 2.09 bits per heavy atom. The van der Waals surface area contributed by atoms with E-state index in [1.807, 2.05) is 12.1 Å². The summed E-state index contributed by atoms with van der Waals surface area (Å²) in [5, 5.41) is 0. The molecule has 0 radical (unpaired) electrons. The fourth-order valence-corrected chi connectivity index (χ4v) is 2.89. The number of carbonyl (C=O) groups excluding carboxylic acids is 3. The molecule has 2 aromatic carbocycles. The van der Waals surface area contributed by atoms with Crippen molar-refractivity contribution in [1.29, 1.82) is 0 Å². The molecule has 0 N–H and O–H groups in total. The molecule has 1 aliphatic rings. The molecule has 0 spiro atoms. The van der Waals surface area contributed by atoms with Crippen molar-refractivity contribution < 1.29 is 19.1 Å². The molecule has 23 heavy (non-hydrogen) atoms. The van der Waals surface area contributed by atoms with Gasteiger partial charge in [-0.1, -0.05) is 48.5 Å². The van der Waals surface area contributed by atoms with E-state index in [4.69, 9.17) is 4.74 Å². The number of methoxy groups -OCH3 is 1. The highest BCUT2D eigenvalue weighted by atomic mass is 16.5. The Morgan fingerprint density at radius 2 is 1.52 bits per heavy atom. The van der Waals surface area contributed by atoms with Crippen LogP contribution in [-0.2, 0) is 19.1 Å². The number of benzene rings is 2. The fourth-order valence-electron chi connectivity index (χ4n) is 2.89. The monoisotopic (exact) mass is 309 g/mol. The largest absolute Gasteiger partial charge is 0.468 e. The first-order valence-corrected chi connectivity index (χ1v) is 7.20. The molecule has 2 aromatic rings. The molecule has 116 valence electrons. The van der Waals surface area contributed by atoms with Crippen LogP contribution >= 0.6 is 0 Å². The number of hydrogen-bond acceptors (Lipinski definition) is 4. The topological polar surface area (TPSA) is 63.7 Å². The Morgan fingerprint density at radius 1 is 0.957 bits per heavy atom. The van der Waals surface area contributed by atoms with Gasteiger partial charge in [0.15, 0.2) is 0 Å². The summed E-state index contributed by atoms with van der Waals surface area (Å²) in [5.74, 6) is -3.29. The normalized spacial score (nSPS) is 20.7. The summed E-state index contributed by atoms with van der Waals surface area (Å²) in [6.45, 7) is 0. The van der Waals surface area contributed by atoms with Crippen LogP contribution in [0.25, 0.3) is 0 Å². The number of esters is 1. The van der Waals surface area contributed by atoms with Gasteiger partial charge in [-0.25, -0.2) is 0 Å². The average Bonchev–Trinajstić information content (AvgIpc) is 2.87. The number of rotatable bonds is 3. The second-order valence-corrected chi connectivity index (χ2v) is 5.23. The second kappa shape index (κ2) is 6.04. The van der Waals surface area contributed by atoms with Gasteiger partial charge in [-0.2, -0.15) is 0 Å². The number of anilines is 1. The maximum Gasteiger partial charge on any atom is 0.319 e. The predicted molar refractivity (Wildman–Crippen MR) is 83.6 cm³/mol. The lowest BCUT2D eigenvalue weighted by Gasteiger charge is -2.26. The van der Waals surface area contributed by atoms with E-state index < -0.39 is 29.6 Å².